The van der Waals surface area contributed by atoms with E-state index in [0.29, 0.717) is 52.1 Å². The van der Waals surface area contributed by atoms with Gasteiger partial charge in [-0.2, -0.15) is 0 Å². The lowest BCUT2D eigenvalue weighted by Crippen LogP contribution is -2.32. The smallest absolute Gasteiger partial charge is 0.266 e. The Kier molecular flexibility index (Phi) is 7.86. The predicted molar refractivity (Wildman–Crippen MR) is 130 cm³/mol. The highest BCUT2D eigenvalue weighted by molar-refractivity contribution is 7.99. The minimum absolute atomic E-state index is 0.0186. The average Bonchev–Trinajstić information content (AvgIpc) is 2.83. The molecule has 1 amide bonds. The summed E-state index contributed by atoms with van der Waals surface area (Å²) < 4.78 is 18.0. The fraction of sp³-hybridized carbons (Fsp3) is 0.375. The summed E-state index contributed by atoms with van der Waals surface area (Å²) in [6.45, 7) is 7.05. The lowest BCUT2D eigenvalue weighted by atomic mass is 10.1. The molecule has 1 aromatic heterocycles. The van der Waals surface area contributed by atoms with E-state index in [1.807, 2.05) is 45.0 Å². The van der Waals surface area contributed by atoms with Crippen molar-refractivity contribution >= 4 is 28.6 Å². The van der Waals surface area contributed by atoms with Gasteiger partial charge in [-0.3, -0.25) is 14.2 Å². The molecular formula is C24H29N3O5S. The van der Waals surface area contributed by atoms with Gasteiger partial charge in [-0.15, -0.1) is 0 Å². The number of para-hydroxylation sites is 1. The molecule has 0 aliphatic rings. The number of rotatable bonds is 9. The number of hydrogen-bond acceptors (Lipinski definition) is 7. The maximum atomic E-state index is 13.8. The molecular weight excluding hydrogens is 442 g/mol. The highest BCUT2D eigenvalue weighted by Gasteiger charge is 2.23. The van der Waals surface area contributed by atoms with Gasteiger partial charge in [0.15, 0.2) is 16.7 Å². The Balaban J connectivity index is 2.30. The topological polar surface area (TPSA) is 82.9 Å². The highest BCUT2D eigenvalue weighted by atomic mass is 32.2. The van der Waals surface area contributed by atoms with Gasteiger partial charge in [0.05, 0.1) is 38.2 Å². The van der Waals surface area contributed by atoms with Crippen molar-refractivity contribution < 1.29 is 19.0 Å². The molecule has 3 rings (SSSR count). The highest BCUT2D eigenvalue weighted by Crippen LogP contribution is 2.42. The number of thioether (sulfide) groups is 1. The van der Waals surface area contributed by atoms with E-state index >= 15 is 0 Å². The monoisotopic (exact) mass is 471 g/mol. The SMILES string of the molecule is CCN(CC)C(=O)CSc1nc2c(OC)c(OC)c(OC)cc2c(=O)n1-c1ccccc1C. The van der Waals surface area contributed by atoms with Crippen molar-refractivity contribution in [3.8, 4) is 22.9 Å². The third-order valence-electron chi connectivity index (χ3n) is 5.43. The summed E-state index contributed by atoms with van der Waals surface area (Å²) in [5.41, 5.74) is 1.67. The van der Waals surface area contributed by atoms with Gasteiger partial charge < -0.3 is 19.1 Å². The Bertz CT molecular complexity index is 1220. The van der Waals surface area contributed by atoms with Crippen LogP contribution >= 0.6 is 11.8 Å². The molecule has 0 aliphatic carbocycles. The number of nitrogens with zero attached hydrogens (tertiary/aromatic N) is 3. The first-order valence-electron chi connectivity index (χ1n) is 10.6. The molecule has 0 atom stereocenters. The summed E-state index contributed by atoms with van der Waals surface area (Å²) >= 11 is 1.22. The number of hydrogen-bond donors (Lipinski definition) is 0. The van der Waals surface area contributed by atoms with E-state index in [4.69, 9.17) is 19.2 Å². The number of ether oxygens (including phenoxy) is 3. The van der Waals surface area contributed by atoms with E-state index in [-0.39, 0.29) is 17.2 Å². The zero-order chi connectivity index (χ0) is 24.1. The number of carbonyl (C=O) groups is 1. The van der Waals surface area contributed by atoms with Crippen molar-refractivity contribution in [1.29, 1.82) is 0 Å². The van der Waals surface area contributed by atoms with Crippen LogP contribution < -0.4 is 19.8 Å². The molecule has 0 saturated heterocycles. The van der Waals surface area contributed by atoms with E-state index in [2.05, 4.69) is 0 Å². The van der Waals surface area contributed by atoms with Gasteiger partial charge in [-0.1, -0.05) is 30.0 Å². The number of amides is 1. The Morgan fingerprint density at radius 3 is 2.30 bits per heavy atom. The van der Waals surface area contributed by atoms with Crippen LogP contribution in [0, 0.1) is 6.92 Å². The quantitative estimate of drug-likeness (QED) is 0.348. The van der Waals surface area contributed by atoms with E-state index < -0.39 is 0 Å². The summed E-state index contributed by atoms with van der Waals surface area (Å²) in [6.07, 6.45) is 0. The molecule has 0 bridgehead atoms. The van der Waals surface area contributed by atoms with Gasteiger partial charge in [0.25, 0.3) is 5.56 Å². The van der Waals surface area contributed by atoms with Gasteiger partial charge >= 0.3 is 0 Å². The van der Waals surface area contributed by atoms with Crippen molar-refractivity contribution in [3.63, 3.8) is 0 Å². The molecule has 9 heteroatoms. The van der Waals surface area contributed by atoms with E-state index in [9.17, 15) is 9.59 Å². The Morgan fingerprint density at radius 1 is 1.06 bits per heavy atom. The molecule has 8 nitrogen and oxygen atoms in total. The zero-order valence-corrected chi connectivity index (χ0v) is 20.6. The van der Waals surface area contributed by atoms with Gasteiger partial charge in [0.2, 0.25) is 11.7 Å². The number of fused-ring (bicyclic) bond motifs is 1. The minimum atomic E-state index is -0.286. The first kappa shape index (κ1) is 24.4. The molecule has 0 radical (unpaired) electrons. The minimum Gasteiger partial charge on any atom is -0.493 e. The second kappa shape index (κ2) is 10.6. The zero-order valence-electron chi connectivity index (χ0n) is 19.8. The summed E-state index contributed by atoms with van der Waals surface area (Å²) in [5.74, 6) is 1.16. The van der Waals surface area contributed by atoms with Crippen LogP contribution in [0.15, 0.2) is 40.3 Å². The maximum Gasteiger partial charge on any atom is 0.266 e. The molecule has 0 spiro atoms. The van der Waals surface area contributed by atoms with Gasteiger partial charge in [-0.05, 0) is 38.5 Å². The van der Waals surface area contributed by atoms with Gasteiger partial charge in [-0.25, -0.2) is 4.98 Å². The molecule has 176 valence electrons. The second-order valence-electron chi connectivity index (χ2n) is 7.22. The normalized spacial score (nSPS) is 10.8. The second-order valence-corrected chi connectivity index (χ2v) is 8.16. The maximum absolute atomic E-state index is 13.8. The van der Waals surface area contributed by atoms with E-state index in [1.165, 1.54) is 33.1 Å². The fourth-order valence-electron chi connectivity index (χ4n) is 3.69. The van der Waals surface area contributed by atoms with Crippen LogP contribution in [0.3, 0.4) is 0 Å². The van der Waals surface area contributed by atoms with Gasteiger partial charge in [0, 0.05) is 13.1 Å². The Labute approximate surface area is 197 Å². The molecule has 1 heterocycles. The number of carbonyl (C=O) groups excluding carboxylic acids is 1. The van der Waals surface area contributed by atoms with Crippen molar-refractivity contribution in [3.05, 3.63) is 46.2 Å². The van der Waals surface area contributed by atoms with Crippen LogP contribution in [-0.4, -0.2) is 60.5 Å². The molecule has 0 N–H and O–H groups in total. The molecule has 0 fully saturated rings. The number of aromatic nitrogens is 2. The Hall–Kier alpha value is -3.20. The average molecular weight is 472 g/mol. The summed E-state index contributed by atoms with van der Waals surface area (Å²) in [4.78, 5) is 33.0. The third-order valence-corrected chi connectivity index (χ3v) is 6.36. The molecule has 3 aromatic rings. The molecule has 33 heavy (non-hydrogen) atoms. The molecule has 0 aliphatic heterocycles. The van der Waals surface area contributed by atoms with Crippen molar-refractivity contribution in [2.45, 2.75) is 25.9 Å². The molecule has 0 unspecified atom stereocenters. The van der Waals surface area contributed by atoms with E-state index in [1.54, 1.807) is 15.5 Å². The van der Waals surface area contributed by atoms with E-state index in [0.717, 1.165) is 5.56 Å². The molecule has 2 aromatic carbocycles. The summed E-state index contributed by atoms with van der Waals surface area (Å²) in [7, 11) is 4.49. The van der Waals surface area contributed by atoms with Crippen molar-refractivity contribution in [2.75, 3.05) is 40.2 Å². The van der Waals surface area contributed by atoms with Crippen LogP contribution in [-0.2, 0) is 4.79 Å². The Morgan fingerprint density at radius 2 is 1.73 bits per heavy atom. The largest absolute Gasteiger partial charge is 0.493 e. The first-order valence-corrected chi connectivity index (χ1v) is 11.6. The number of benzene rings is 2. The number of methoxy groups -OCH3 is 3. The van der Waals surface area contributed by atoms with Crippen molar-refractivity contribution in [1.82, 2.24) is 14.5 Å². The van der Waals surface area contributed by atoms with Crippen LogP contribution in [0.1, 0.15) is 19.4 Å². The fourth-order valence-corrected chi connectivity index (χ4v) is 4.59. The molecule has 0 saturated carbocycles. The number of aryl methyl sites for hydroxylation is 1. The van der Waals surface area contributed by atoms with Crippen LogP contribution in [0.25, 0.3) is 16.6 Å². The summed E-state index contributed by atoms with van der Waals surface area (Å²) in [6, 6.07) is 9.17. The standard InChI is InChI=1S/C24H29N3O5S/c1-7-26(8-2)19(28)14-33-24-25-20-16(13-18(30-4)21(31-5)22(20)32-6)23(29)27(24)17-12-10-9-11-15(17)3/h9-13H,7-8,14H2,1-6H3. The third kappa shape index (κ3) is 4.64. The van der Waals surface area contributed by atoms with Crippen LogP contribution in [0.4, 0.5) is 0 Å². The lowest BCUT2D eigenvalue weighted by molar-refractivity contribution is -0.127. The lowest BCUT2D eigenvalue weighted by Gasteiger charge is -2.20. The van der Waals surface area contributed by atoms with Crippen molar-refractivity contribution in [2.24, 2.45) is 0 Å². The summed E-state index contributed by atoms with van der Waals surface area (Å²) in [5, 5.41) is 0.722. The van der Waals surface area contributed by atoms with Crippen LogP contribution in [0.5, 0.6) is 17.2 Å². The van der Waals surface area contributed by atoms with Gasteiger partial charge in [0.1, 0.15) is 5.52 Å². The first-order chi connectivity index (χ1) is 15.9. The predicted octanol–water partition coefficient (Wildman–Crippen LogP) is 3.68. The van der Waals surface area contributed by atoms with Crippen LogP contribution in [0.2, 0.25) is 0 Å².